The van der Waals surface area contributed by atoms with Crippen LogP contribution in [0.15, 0.2) is 69.8 Å². The molecule has 29 heavy (non-hydrogen) atoms. The number of rotatable bonds is 2. The normalized spacial score (nSPS) is 19.7. The minimum Gasteiger partial charge on any atom is -0.331 e. The van der Waals surface area contributed by atoms with Crippen molar-refractivity contribution in [3.63, 3.8) is 0 Å². The molecule has 0 spiro atoms. The van der Waals surface area contributed by atoms with E-state index in [0.29, 0.717) is 12.1 Å². The molecule has 7 heteroatoms. The highest BCUT2D eigenvalue weighted by Gasteiger charge is 2.36. The Hall–Kier alpha value is -2.77. The molecule has 2 aliphatic heterocycles. The first-order valence-electron chi connectivity index (χ1n) is 9.36. The molecule has 1 fully saturated rings. The highest BCUT2D eigenvalue weighted by molar-refractivity contribution is 7.91. The molecule has 0 bridgehead atoms. The third kappa shape index (κ3) is 2.76. The molecule has 1 aromatic heterocycles. The van der Waals surface area contributed by atoms with E-state index in [0.717, 1.165) is 17.7 Å². The second-order valence-electron chi connectivity index (χ2n) is 7.21. The zero-order valence-electron chi connectivity index (χ0n) is 15.4. The number of hydrogen-bond acceptors (Lipinski definition) is 5. The Bertz CT molecular complexity index is 1250. The molecular formula is C22H17NO4S2. The van der Waals surface area contributed by atoms with Crippen molar-refractivity contribution in [2.24, 2.45) is 0 Å². The van der Waals surface area contributed by atoms with Gasteiger partial charge in [0.2, 0.25) is 9.84 Å². The summed E-state index contributed by atoms with van der Waals surface area (Å²) in [5.74, 6) is -0.535. The summed E-state index contributed by atoms with van der Waals surface area (Å²) in [6.45, 7) is 0.632. The molecule has 0 aliphatic carbocycles. The molecule has 1 amide bonds. The molecule has 3 aromatic rings. The quantitative estimate of drug-likeness (QED) is 0.487. The van der Waals surface area contributed by atoms with Crippen molar-refractivity contribution in [2.75, 3.05) is 6.54 Å². The predicted octanol–water partition coefficient (Wildman–Crippen LogP) is 4.10. The lowest BCUT2D eigenvalue weighted by Gasteiger charge is -2.25. The van der Waals surface area contributed by atoms with E-state index >= 15 is 0 Å². The zero-order valence-corrected chi connectivity index (χ0v) is 17.0. The maximum atomic E-state index is 13.2. The van der Waals surface area contributed by atoms with E-state index in [-0.39, 0.29) is 38.7 Å². The number of thiophene rings is 1. The van der Waals surface area contributed by atoms with Crippen molar-refractivity contribution in [3.05, 3.63) is 81.5 Å². The summed E-state index contributed by atoms with van der Waals surface area (Å²) in [5.41, 5.74) is 0.593. The van der Waals surface area contributed by atoms with Gasteiger partial charge >= 0.3 is 0 Å². The summed E-state index contributed by atoms with van der Waals surface area (Å²) in [6, 6.07) is 14.6. The van der Waals surface area contributed by atoms with Crippen molar-refractivity contribution < 1.29 is 18.0 Å². The van der Waals surface area contributed by atoms with Crippen LogP contribution in [0.5, 0.6) is 0 Å². The predicted molar refractivity (Wildman–Crippen MR) is 109 cm³/mol. The third-order valence-electron chi connectivity index (χ3n) is 5.57. The second kappa shape index (κ2) is 6.64. The average Bonchev–Trinajstić information content (AvgIpc) is 3.43. The summed E-state index contributed by atoms with van der Waals surface area (Å²) < 4.78 is 26.2. The first-order chi connectivity index (χ1) is 14.0. The summed E-state index contributed by atoms with van der Waals surface area (Å²) >= 11 is 1.62. The van der Waals surface area contributed by atoms with E-state index in [9.17, 15) is 18.0 Å². The van der Waals surface area contributed by atoms with Crippen molar-refractivity contribution in [1.82, 2.24) is 4.90 Å². The maximum Gasteiger partial charge on any atom is 0.254 e. The lowest BCUT2D eigenvalue weighted by molar-refractivity contribution is 0.0737. The van der Waals surface area contributed by atoms with E-state index in [2.05, 4.69) is 0 Å². The van der Waals surface area contributed by atoms with Gasteiger partial charge in [-0.05, 0) is 54.6 Å². The Morgan fingerprint density at radius 2 is 1.79 bits per heavy atom. The van der Waals surface area contributed by atoms with Crippen LogP contribution < -0.4 is 0 Å². The van der Waals surface area contributed by atoms with Crippen molar-refractivity contribution in [3.8, 4) is 0 Å². The Balaban J connectivity index is 1.57. The van der Waals surface area contributed by atoms with Gasteiger partial charge in [-0.25, -0.2) is 8.42 Å². The summed E-state index contributed by atoms with van der Waals surface area (Å²) in [6.07, 6.45) is 1.80. The van der Waals surface area contributed by atoms with Crippen LogP contribution in [0.25, 0.3) is 0 Å². The Morgan fingerprint density at radius 3 is 2.59 bits per heavy atom. The number of carbonyl (C=O) groups is 2. The standard InChI is InChI=1S/C22H17NO4S2/c24-21-15-5-1-2-8-19(15)29(26,27)20-13-14(9-10-16(20)21)22(25)23-11-3-6-17(23)18-7-4-12-28-18/h1-2,4-5,7-10,12-13,17H,3,6,11H2/t17-/m0/s1. The number of likely N-dealkylation sites (tertiary alicyclic amines) is 1. The average molecular weight is 424 g/mol. The van der Waals surface area contributed by atoms with Crippen LogP contribution in [0.4, 0.5) is 0 Å². The fourth-order valence-corrected chi connectivity index (χ4v) is 6.72. The molecule has 146 valence electrons. The first kappa shape index (κ1) is 18.3. The SMILES string of the molecule is O=C1c2ccccc2S(=O)(=O)c2cc(C(=O)N3CCC[C@H]3c3cccs3)ccc21. The molecule has 2 aliphatic rings. The van der Waals surface area contributed by atoms with Gasteiger partial charge in [0.1, 0.15) is 0 Å². The van der Waals surface area contributed by atoms with Crippen LogP contribution in [0.2, 0.25) is 0 Å². The summed E-state index contributed by atoms with van der Waals surface area (Å²) in [7, 11) is -3.86. The fraction of sp³-hybridized carbons (Fsp3) is 0.182. The number of nitrogens with zero attached hydrogens (tertiary/aromatic N) is 1. The van der Waals surface area contributed by atoms with Gasteiger partial charge in [-0.2, -0.15) is 0 Å². The number of ketones is 1. The summed E-state index contributed by atoms with van der Waals surface area (Å²) in [4.78, 5) is 28.9. The molecule has 5 nitrogen and oxygen atoms in total. The Morgan fingerprint density at radius 1 is 1.00 bits per heavy atom. The van der Waals surface area contributed by atoms with Gasteiger partial charge < -0.3 is 4.90 Å². The molecular weight excluding hydrogens is 406 g/mol. The Labute approximate surface area is 172 Å². The molecule has 1 saturated heterocycles. The number of benzene rings is 2. The number of hydrogen-bond donors (Lipinski definition) is 0. The Kier molecular flexibility index (Phi) is 4.18. The van der Waals surface area contributed by atoms with Gasteiger partial charge in [0.25, 0.3) is 5.91 Å². The van der Waals surface area contributed by atoms with Crippen molar-refractivity contribution >= 4 is 32.9 Å². The highest BCUT2D eigenvalue weighted by Crippen LogP contribution is 2.38. The number of amides is 1. The molecule has 0 unspecified atom stereocenters. The fourth-order valence-electron chi connectivity index (χ4n) is 4.17. The van der Waals surface area contributed by atoms with Crippen molar-refractivity contribution in [1.29, 1.82) is 0 Å². The monoisotopic (exact) mass is 423 g/mol. The molecule has 0 radical (unpaired) electrons. The smallest absolute Gasteiger partial charge is 0.254 e. The van der Waals surface area contributed by atoms with Crippen LogP contribution in [0, 0.1) is 0 Å². The summed E-state index contributed by atoms with van der Waals surface area (Å²) in [5, 5.41) is 1.99. The molecule has 1 atom stereocenters. The lowest BCUT2D eigenvalue weighted by Crippen LogP contribution is -2.30. The van der Waals surface area contributed by atoms with Gasteiger partial charge in [0, 0.05) is 28.1 Å². The van der Waals surface area contributed by atoms with Crippen LogP contribution >= 0.6 is 11.3 Å². The molecule has 2 aromatic carbocycles. The number of sulfone groups is 1. The second-order valence-corrected chi connectivity index (χ2v) is 10.1. The van der Waals surface area contributed by atoms with E-state index in [1.807, 2.05) is 17.5 Å². The van der Waals surface area contributed by atoms with Crippen LogP contribution in [-0.4, -0.2) is 31.6 Å². The zero-order chi connectivity index (χ0) is 20.2. The van der Waals surface area contributed by atoms with E-state index < -0.39 is 9.84 Å². The largest absolute Gasteiger partial charge is 0.331 e. The topological polar surface area (TPSA) is 71.5 Å². The molecule has 3 heterocycles. The van der Waals surface area contributed by atoms with Crippen LogP contribution in [-0.2, 0) is 9.84 Å². The minimum atomic E-state index is -3.86. The van der Waals surface area contributed by atoms with Crippen LogP contribution in [0.1, 0.15) is 50.0 Å². The van der Waals surface area contributed by atoms with Gasteiger partial charge in [-0.1, -0.05) is 18.2 Å². The molecule has 0 saturated carbocycles. The van der Waals surface area contributed by atoms with Gasteiger partial charge in [0.05, 0.1) is 15.8 Å². The lowest BCUT2D eigenvalue weighted by atomic mass is 10.0. The van der Waals surface area contributed by atoms with Gasteiger partial charge in [-0.3, -0.25) is 9.59 Å². The third-order valence-corrected chi connectivity index (χ3v) is 8.39. The van der Waals surface area contributed by atoms with Gasteiger partial charge in [0.15, 0.2) is 5.78 Å². The minimum absolute atomic E-state index is 0.000247. The van der Waals surface area contributed by atoms with Gasteiger partial charge in [-0.15, -0.1) is 11.3 Å². The first-order valence-corrected chi connectivity index (χ1v) is 11.7. The van der Waals surface area contributed by atoms with Crippen molar-refractivity contribution in [2.45, 2.75) is 28.7 Å². The molecule has 0 N–H and O–H groups in total. The maximum absolute atomic E-state index is 13.2. The van der Waals surface area contributed by atoms with E-state index in [4.69, 9.17) is 0 Å². The highest BCUT2D eigenvalue weighted by atomic mass is 32.2. The number of fused-ring (bicyclic) bond motifs is 2. The number of carbonyl (C=O) groups excluding carboxylic acids is 2. The van der Waals surface area contributed by atoms with E-state index in [1.54, 1.807) is 34.4 Å². The van der Waals surface area contributed by atoms with E-state index in [1.165, 1.54) is 24.3 Å². The van der Waals surface area contributed by atoms with Crippen LogP contribution in [0.3, 0.4) is 0 Å². The molecule has 5 rings (SSSR count).